The topological polar surface area (TPSA) is 83.0 Å². The van der Waals surface area contributed by atoms with E-state index >= 15 is 0 Å². The normalized spacial score (nSPS) is 20.9. The van der Waals surface area contributed by atoms with Crippen molar-refractivity contribution in [2.45, 2.75) is 31.7 Å². The number of para-hydroxylation sites is 2. The quantitative estimate of drug-likeness (QED) is 0.877. The van der Waals surface area contributed by atoms with E-state index in [4.69, 9.17) is 4.74 Å². The van der Waals surface area contributed by atoms with E-state index < -0.39 is 6.04 Å². The van der Waals surface area contributed by atoms with Gasteiger partial charge in [-0.25, -0.2) is 4.99 Å². The summed E-state index contributed by atoms with van der Waals surface area (Å²) in [5.74, 6) is 0.618. The van der Waals surface area contributed by atoms with Crippen molar-refractivity contribution in [3.8, 4) is 5.75 Å². The number of carbonyl (C=O) groups is 2. The highest BCUT2D eigenvalue weighted by Gasteiger charge is 2.30. The van der Waals surface area contributed by atoms with Crippen molar-refractivity contribution in [1.29, 1.82) is 0 Å². The molecule has 1 aromatic carbocycles. The first-order chi connectivity index (χ1) is 11.7. The molecule has 1 atom stereocenters. The van der Waals surface area contributed by atoms with Crippen molar-refractivity contribution in [3.63, 3.8) is 0 Å². The monoisotopic (exact) mass is 330 g/mol. The number of carbonyl (C=O) groups excluding carboxylic acids is 2. The molecule has 0 radical (unpaired) electrons. The number of likely N-dealkylation sites (tertiary alicyclic amines) is 1. The number of hydrogen-bond donors (Lipinski definition) is 2. The Morgan fingerprint density at radius 1 is 1.29 bits per heavy atom. The number of nitrogens with one attached hydrogen (secondary N) is 2. The zero-order chi connectivity index (χ0) is 16.9. The zero-order valence-electron chi connectivity index (χ0n) is 13.7. The van der Waals surface area contributed by atoms with Crippen LogP contribution in [0, 0.1) is 0 Å². The number of piperidine rings is 1. The van der Waals surface area contributed by atoms with Gasteiger partial charge < -0.3 is 15.0 Å². The van der Waals surface area contributed by atoms with Crippen LogP contribution in [0.5, 0.6) is 5.75 Å². The summed E-state index contributed by atoms with van der Waals surface area (Å²) in [7, 11) is 1.55. The van der Waals surface area contributed by atoms with Crippen LogP contribution in [-0.2, 0) is 9.59 Å². The van der Waals surface area contributed by atoms with Crippen LogP contribution in [0.15, 0.2) is 29.3 Å². The zero-order valence-corrected chi connectivity index (χ0v) is 13.7. The Balaban J connectivity index is 1.74. The molecule has 2 heterocycles. The van der Waals surface area contributed by atoms with Gasteiger partial charge in [0.05, 0.1) is 19.2 Å². The number of amides is 2. The number of nitrogens with zero attached hydrogens (tertiary/aromatic N) is 2. The number of aliphatic imine (C=N–C) groups is 1. The van der Waals surface area contributed by atoms with Crippen molar-refractivity contribution in [2.75, 3.05) is 25.5 Å². The van der Waals surface area contributed by atoms with Gasteiger partial charge in [0.25, 0.3) is 0 Å². The van der Waals surface area contributed by atoms with Gasteiger partial charge in [0.15, 0.2) is 0 Å². The van der Waals surface area contributed by atoms with Gasteiger partial charge in [0.1, 0.15) is 11.8 Å². The maximum absolute atomic E-state index is 12.5. The largest absolute Gasteiger partial charge is 0.495 e. The first kappa shape index (κ1) is 16.3. The van der Waals surface area contributed by atoms with Crippen molar-refractivity contribution in [2.24, 2.45) is 4.99 Å². The Morgan fingerprint density at radius 2 is 2.04 bits per heavy atom. The van der Waals surface area contributed by atoms with Crippen LogP contribution < -0.4 is 15.4 Å². The van der Waals surface area contributed by atoms with Crippen molar-refractivity contribution in [3.05, 3.63) is 24.3 Å². The van der Waals surface area contributed by atoms with E-state index in [9.17, 15) is 9.59 Å². The average Bonchev–Trinajstić information content (AvgIpc) is 2.62. The maximum atomic E-state index is 12.5. The minimum absolute atomic E-state index is 0.0539. The van der Waals surface area contributed by atoms with Crippen LogP contribution >= 0.6 is 0 Å². The molecule has 1 fully saturated rings. The molecule has 2 aliphatic rings. The summed E-state index contributed by atoms with van der Waals surface area (Å²) in [5.41, 5.74) is 0.575. The number of benzene rings is 1. The van der Waals surface area contributed by atoms with Crippen LogP contribution in [0.1, 0.15) is 25.7 Å². The van der Waals surface area contributed by atoms with E-state index in [1.165, 1.54) is 6.42 Å². The van der Waals surface area contributed by atoms with Crippen molar-refractivity contribution in [1.82, 2.24) is 10.2 Å². The highest BCUT2D eigenvalue weighted by molar-refractivity contribution is 6.06. The van der Waals surface area contributed by atoms with Crippen molar-refractivity contribution < 1.29 is 14.3 Å². The molecule has 2 aliphatic heterocycles. The summed E-state index contributed by atoms with van der Waals surface area (Å²) in [5, 5.41) is 5.60. The molecule has 1 aromatic rings. The summed E-state index contributed by atoms with van der Waals surface area (Å²) in [6.07, 6.45) is 3.40. The van der Waals surface area contributed by atoms with Gasteiger partial charge >= 0.3 is 0 Å². The summed E-state index contributed by atoms with van der Waals surface area (Å²) < 4.78 is 5.23. The Morgan fingerprint density at radius 3 is 2.79 bits per heavy atom. The van der Waals surface area contributed by atoms with Gasteiger partial charge in [0.2, 0.25) is 17.8 Å². The fourth-order valence-electron chi connectivity index (χ4n) is 2.96. The summed E-state index contributed by atoms with van der Waals surface area (Å²) >= 11 is 0. The molecular formula is C17H22N4O3. The van der Waals surface area contributed by atoms with E-state index in [0.29, 0.717) is 17.4 Å². The number of guanidine groups is 1. The molecule has 0 saturated carbocycles. The molecule has 7 heteroatoms. The maximum Gasteiger partial charge on any atom is 0.249 e. The third kappa shape index (κ3) is 3.67. The molecule has 128 valence electrons. The first-order valence-corrected chi connectivity index (χ1v) is 8.24. The molecule has 3 rings (SSSR count). The van der Waals surface area contributed by atoms with E-state index in [2.05, 4.69) is 15.6 Å². The van der Waals surface area contributed by atoms with E-state index in [1.807, 2.05) is 17.0 Å². The third-order valence-corrected chi connectivity index (χ3v) is 4.23. The molecule has 0 bridgehead atoms. The van der Waals surface area contributed by atoms with Crippen LogP contribution in [0.25, 0.3) is 0 Å². The lowest BCUT2D eigenvalue weighted by molar-refractivity contribution is -0.125. The van der Waals surface area contributed by atoms with E-state index in [0.717, 1.165) is 25.9 Å². The molecule has 24 heavy (non-hydrogen) atoms. The minimum atomic E-state index is -0.722. The smallest absolute Gasteiger partial charge is 0.249 e. The van der Waals surface area contributed by atoms with E-state index in [1.54, 1.807) is 19.2 Å². The second kappa shape index (κ2) is 7.33. The second-order valence-corrected chi connectivity index (χ2v) is 5.96. The molecule has 0 aromatic heterocycles. The SMILES string of the molecule is COc1ccccc1NC(=O)[C@H]1CC(=O)NC(N2CCCCC2)=N1. The first-order valence-electron chi connectivity index (χ1n) is 8.24. The standard InChI is InChI=1S/C17H22N4O3/c1-24-14-8-4-3-7-12(14)18-16(23)13-11-15(22)20-17(19-13)21-9-5-2-6-10-21/h3-4,7-8,13H,2,5-6,9-11H2,1H3,(H,18,23)(H,19,20,22)/t13-/m1/s1. The van der Waals surface area contributed by atoms with Crippen LogP contribution in [0.4, 0.5) is 5.69 Å². The molecule has 0 spiro atoms. The number of methoxy groups -OCH3 is 1. The predicted molar refractivity (Wildman–Crippen MR) is 91.0 cm³/mol. The van der Waals surface area contributed by atoms with Crippen LogP contribution in [0.3, 0.4) is 0 Å². The molecular weight excluding hydrogens is 308 g/mol. The minimum Gasteiger partial charge on any atom is -0.495 e. The average molecular weight is 330 g/mol. The van der Waals surface area contributed by atoms with E-state index in [-0.39, 0.29) is 18.2 Å². The number of ether oxygens (including phenoxy) is 1. The van der Waals surface area contributed by atoms with Crippen LogP contribution in [-0.4, -0.2) is 48.9 Å². The molecule has 1 saturated heterocycles. The predicted octanol–water partition coefficient (Wildman–Crippen LogP) is 1.36. The van der Waals surface area contributed by atoms with Gasteiger partial charge in [-0.05, 0) is 31.4 Å². The highest BCUT2D eigenvalue weighted by atomic mass is 16.5. The molecule has 2 amide bonds. The molecule has 7 nitrogen and oxygen atoms in total. The molecule has 0 unspecified atom stereocenters. The van der Waals surface area contributed by atoms with Gasteiger partial charge in [-0.1, -0.05) is 12.1 Å². The third-order valence-electron chi connectivity index (χ3n) is 4.23. The lowest BCUT2D eigenvalue weighted by Gasteiger charge is -2.32. The summed E-state index contributed by atoms with van der Waals surface area (Å²) in [4.78, 5) is 31.0. The Labute approximate surface area is 141 Å². The number of anilines is 1. The Hall–Kier alpha value is -2.57. The fraction of sp³-hybridized carbons (Fsp3) is 0.471. The lowest BCUT2D eigenvalue weighted by atomic mass is 10.1. The van der Waals surface area contributed by atoms with Gasteiger partial charge in [0, 0.05) is 13.1 Å². The lowest BCUT2D eigenvalue weighted by Crippen LogP contribution is -2.51. The van der Waals surface area contributed by atoms with Crippen molar-refractivity contribution >= 4 is 23.5 Å². The molecule has 2 N–H and O–H groups in total. The Bertz CT molecular complexity index is 653. The second-order valence-electron chi connectivity index (χ2n) is 5.96. The fourth-order valence-corrected chi connectivity index (χ4v) is 2.96. The Kier molecular flexibility index (Phi) is 4.98. The van der Waals surface area contributed by atoms with Gasteiger partial charge in [-0.2, -0.15) is 0 Å². The van der Waals surface area contributed by atoms with Crippen LogP contribution in [0.2, 0.25) is 0 Å². The summed E-state index contributed by atoms with van der Waals surface area (Å²) in [6, 6.07) is 6.45. The number of rotatable bonds is 3. The summed E-state index contributed by atoms with van der Waals surface area (Å²) in [6.45, 7) is 1.72. The molecule has 0 aliphatic carbocycles. The van der Waals surface area contributed by atoms with Gasteiger partial charge in [-0.3, -0.25) is 14.9 Å². The number of hydrogen-bond acceptors (Lipinski definition) is 5. The van der Waals surface area contributed by atoms with Gasteiger partial charge in [-0.15, -0.1) is 0 Å². The highest BCUT2D eigenvalue weighted by Crippen LogP contribution is 2.24.